The number of likely N-dealkylation sites (tertiary alicyclic amines) is 1. The van der Waals surface area contributed by atoms with E-state index in [0.29, 0.717) is 24.7 Å². The summed E-state index contributed by atoms with van der Waals surface area (Å²) in [4.78, 5) is 14.2. The fourth-order valence-electron chi connectivity index (χ4n) is 2.96. The van der Waals surface area contributed by atoms with Gasteiger partial charge in [0.2, 0.25) is 5.91 Å². The minimum Gasteiger partial charge on any atom is -0.329 e. The molecule has 1 heterocycles. The van der Waals surface area contributed by atoms with E-state index in [0.717, 1.165) is 19.4 Å². The summed E-state index contributed by atoms with van der Waals surface area (Å²) >= 11 is 0. The smallest absolute Gasteiger partial charge is 0.238 e. The molecule has 2 unspecified atom stereocenters. The maximum atomic E-state index is 13.1. The molecule has 2 rings (SSSR count). The molecule has 1 fully saturated rings. The van der Waals surface area contributed by atoms with Gasteiger partial charge in [0.1, 0.15) is 5.82 Å². The van der Waals surface area contributed by atoms with Crippen LogP contribution in [0.4, 0.5) is 10.1 Å². The van der Waals surface area contributed by atoms with Crippen molar-refractivity contribution in [1.29, 1.82) is 0 Å². The second kappa shape index (κ2) is 7.52. The SMILES string of the molecule is CCC1CCN(CC(=O)Nc2cccc(F)c2)C(CN)C1. The van der Waals surface area contributed by atoms with Crippen molar-refractivity contribution in [1.82, 2.24) is 4.90 Å². The number of nitrogens with two attached hydrogens (primary N) is 1. The Labute approximate surface area is 125 Å². The number of piperidine rings is 1. The Morgan fingerprint density at radius 1 is 1.52 bits per heavy atom. The predicted molar refractivity (Wildman–Crippen MR) is 82.5 cm³/mol. The Kier molecular flexibility index (Phi) is 5.70. The zero-order chi connectivity index (χ0) is 15.2. The number of hydrogen-bond acceptors (Lipinski definition) is 3. The number of rotatable bonds is 5. The molecule has 0 saturated carbocycles. The predicted octanol–water partition coefficient (Wildman–Crippen LogP) is 2.21. The van der Waals surface area contributed by atoms with Crippen molar-refractivity contribution in [2.24, 2.45) is 11.7 Å². The first-order chi connectivity index (χ1) is 10.1. The summed E-state index contributed by atoms with van der Waals surface area (Å²) in [5.74, 6) is 0.242. The molecule has 0 bridgehead atoms. The first-order valence-corrected chi connectivity index (χ1v) is 7.62. The van der Waals surface area contributed by atoms with E-state index in [9.17, 15) is 9.18 Å². The summed E-state index contributed by atoms with van der Waals surface area (Å²) in [6, 6.07) is 6.21. The summed E-state index contributed by atoms with van der Waals surface area (Å²) in [5, 5.41) is 2.74. The van der Waals surface area contributed by atoms with Gasteiger partial charge < -0.3 is 11.1 Å². The van der Waals surface area contributed by atoms with E-state index < -0.39 is 0 Å². The van der Waals surface area contributed by atoms with Crippen LogP contribution in [-0.4, -0.2) is 36.5 Å². The summed E-state index contributed by atoms with van der Waals surface area (Å²) < 4.78 is 13.1. The van der Waals surface area contributed by atoms with Gasteiger partial charge in [-0.15, -0.1) is 0 Å². The van der Waals surface area contributed by atoms with Crippen molar-refractivity contribution in [3.8, 4) is 0 Å². The minimum absolute atomic E-state index is 0.117. The van der Waals surface area contributed by atoms with Crippen LogP contribution in [0.2, 0.25) is 0 Å². The third-order valence-electron chi connectivity index (χ3n) is 4.25. The van der Waals surface area contributed by atoms with E-state index in [4.69, 9.17) is 5.73 Å². The summed E-state index contributed by atoms with van der Waals surface area (Å²) in [7, 11) is 0. The van der Waals surface area contributed by atoms with Crippen LogP contribution >= 0.6 is 0 Å². The quantitative estimate of drug-likeness (QED) is 0.875. The van der Waals surface area contributed by atoms with Gasteiger partial charge in [-0.1, -0.05) is 19.4 Å². The summed E-state index contributed by atoms with van der Waals surface area (Å²) in [6.45, 7) is 3.99. The lowest BCUT2D eigenvalue weighted by atomic mass is 9.89. The largest absolute Gasteiger partial charge is 0.329 e. The summed E-state index contributed by atoms with van der Waals surface area (Å²) in [6.07, 6.45) is 3.33. The third kappa shape index (κ3) is 4.51. The number of nitrogens with one attached hydrogen (secondary N) is 1. The lowest BCUT2D eigenvalue weighted by molar-refractivity contribution is -0.118. The van der Waals surface area contributed by atoms with Gasteiger partial charge in [0.15, 0.2) is 0 Å². The van der Waals surface area contributed by atoms with Gasteiger partial charge in [-0.2, -0.15) is 0 Å². The molecule has 0 radical (unpaired) electrons. The molecule has 1 aliphatic heterocycles. The van der Waals surface area contributed by atoms with E-state index >= 15 is 0 Å². The van der Waals surface area contributed by atoms with Crippen LogP contribution < -0.4 is 11.1 Å². The molecule has 1 saturated heterocycles. The number of nitrogens with zero attached hydrogens (tertiary/aromatic N) is 1. The van der Waals surface area contributed by atoms with Crippen LogP contribution in [0.15, 0.2) is 24.3 Å². The lowest BCUT2D eigenvalue weighted by Crippen LogP contribution is -2.49. The number of hydrogen-bond donors (Lipinski definition) is 2. The van der Waals surface area contributed by atoms with Crippen molar-refractivity contribution in [2.75, 3.05) is 25.0 Å². The normalized spacial score (nSPS) is 23.0. The molecular formula is C16H24FN3O. The van der Waals surface area contributed by atoms with Crippen molar-refractivity contribution in [3.63, 3.8) is 0 Å². The number of halogens is 1. The van der Waals surface area contributed by atoms with Gasteiger partial charge in [-0.05, 0) is 43.5 Å². The molecule has 1 aromatic carbocycles. The van der Waals surface area contributed by atoms with E-state index in [2.05, 4.69) is 17.1 Å². The molecule has 21 heavy (non-hydrogen) atoms. The average Bonchev–Trinajstić information content (AvgIpc) is 2.47. The molecule has 2 atom stereocenters. The molecule has 1 aliphatic rings. The topological polar surface area (TPSA) is 58.4 Å². The number of amides is 1. The van der Waals surface area contributed by atoms with Crippen molar-refractivity contribution in [2.45, 2.75) is 32.2 Å². The Balaban J connectivity index is 1.89. The Morgan fingerprint density at radius 3 is 3.00 bits per heavy atom. The highest BCUT2D eigenvalue weighted by atomic mass is 19.1. The summed E-state index contributed by atoms with van der Waals surface area (Å²) in [5.41, 5.74) is 6.33. The highest BCUT2D eigenvalue weighted by Crippen LogP contribution is 2.24. The van der Waals surface area contributed by atoms with Crippen LogP contribution in [-0.2, 0) is 4.79 Å². The van der Waals surface area contributed by atoms with E-state index in [1.807, 2.05) is 0 Å². The standard InChI is InChI=1S/C16H24FN3O/c1-2-12-6-7-20(15(8-12)10-18)11-16(21)19-14-5-3-4-13(17)9-14/h3-5,9,12,15H,2,6-8,10-11,18H2,1H3,(H,19,21). The zero-order valence-corrected chi connectivity index (χ0v) is 12.5. The molecule has 1 aromatic rings. The van der Waals surface area contributed by atoms with Gasteiger partial charge in [-0.3, -0.25) is 9.69 Å². The molecule has 116 valence electrons. The number of carbonyl (C=O) groups excluding carboxylic acids is 1. The molecule has 0 spiro atoms. The zero-order valence-electron chi connectivity index (χ0n) is 12.5. The first kappa shape index (κ1) is 15.9. The molecule has 4 nitrogen and oxygen atoms in total. The van der Waals surface area contributed by atoms with Crippen molar-refractivity contribution >= 4 is 11.6 Å². The maximum Gasteiger partial charge on any atom is 0.238 e. The monoisotopic (exact) mass is 293 g/mol. The number of carbonyl (C=O) groups is 1. The van der Waals surface area contributed by atoms with E-state index in [1.165, 1.54) is 18.6 Å². The number of benzene rings is 1. The van der Waals surface area contributed by atoms with Gasteiger partial charge >= 0.3 is 0 Å². The maximum absolute atomic E-state index is 13.1. The average molecular weight is 293 g/mol. The number of anilines is 1. The first-order valence-electron chi connectivity index (χ1n) is 7.62. The van der Waals surface area contributed by atoms with Crippen LogP contribution in [0.25, 0.3) is 0 Å². The highest BCUT2D eigenvalue weighted by molar-refractivity contribution is 5.92. The van der Waals surface area contributed by atoms with E-state index in [-0.39, 0.29) is 17.8 Å². The van der Waals surface area contributed by atoms with Gasteiger partial charge in [-0.25, -0.2) is 4.39 Å². The van der Waals surface area contributed by atoms with Gasteiger partial charge in [0, 0.05) is 18.3 Å². The minimum atomic E-state index is -0.351. The van der Waals surface area contributed by atoms with Gasteiger partial charge in [0.05, 0.1) is 6.54 Å². The highest BCUT2D eigenvalue weighted by Gasteiger charge is 2.27. The van der Waals surface area contributed by atoms with Crippen LogP contribution in [0, 0.1) is 11.7 Å². The fraction of sp³-hybridized carbons (Fsp3) is 0.562. The van der Waals surface area contributed by atoms with Crippen molar-refractivity contribution in [3.05, 3.63) is 30.1 Å². The Hall–Kier alpha value is -1.46. The second-order valence-electron chi connectivity index (χ2n) is 5.72. The lowest BCUT2D eigenvalue weighted by Gasteiger charge is -2.38. The van der Waals surface area contributed by atoms with E-state index in [1.54, 1.807) is 12.1 Å². The van der Waals surface area contributed by atoms with Gasteiger partial charge in [0.25, 0.3) is 0 Å². The van der Waals surface area contributed by atoms with Crippen molar-refractivity contribution < 1.29 is 9.18 Å². The van der Waals surface area contributed by atoms with Crippen LogP contribution in [0.1, 0.15) is 26.2 Å². The van der Waals surface area contributed by atoms with Crippen LogP contribution in [0.3, 0.4) is 0 Å². The molecule has 0 aliphatic carbocycles. The molecular weight excluding hydrogens is 269 g/mol. The third-order valence-corrected chi connectivity index (χ3v) is 4.25. The Morgan fingerprint density at radius 2 is 2.33 bits per heavy atom. The second-order valence-corrected chi connectivity index (χ2v) is 5.72. The fourth-order valence-corrected chi connectivity index (χ4v) is 2.96. The molecule has 5 heteroatoms. The molecule has 1 amide bonds. The molecule has 3 N–H and O–H groups in total. The Bertz CT molecular complexity index is 480. The molecule has 0 aromatic heterocycles. The van der Waals surface area contributed by atoms with Crippen LogP contribution in [0.5, 0.6) is 0 Å².